The number of ketones is 1. The number of carbonyl (C=O) groups excluding carboxylic acids is 1. The number of benzene rings is 2. The maximum atomic E-state index is 12.9. The van der Waals surface area contributed by atoms with Gasteiger partial charge in [0.2, 0.25) is 5.78 Å². The van der Waals surface area contributed by atoms with E-state index in [9.17, 15) is 9.90 Å². The molecule has 2 aromatic rings. The van der Waals surface area contributed by atoms with Gasteiger partial charge in [0.05, 0.1) is 24.3 Å². The number of hydrogen-bond donors (Lipinski definition) is 1. The van der Waals surface area contributed by atoms with Gasteiger partial charge in [-0.3, -0.25) is 9.69 Å². The first-order chi connectivity index (χ1) is 14.9. The standard InChI is InChI=1S/C25H31NO5/c1-17(2)19-7-5-18(6-8-19)15-23-24(28)20-9-10-22(27)21(25(20)31-23)16-26(11-13-29-3)12-14-30-4/h5-10,15,17,27H,11-14,16H2,1-4H3/b23-15+. The number of fused-ring (bicyclic) bond motifs is 1. The van der Waals surface area contributed by atoms with Crippen LogP contribution >= 0.6 is 0 Å². The van der Waals surface area contributed by atoms with E-state index in [2.05, 4.69) is 30.9 Å². The largest absolute Gasteiger partial charge is 0.507 e. The Balaban J connectivity index is 1.86. The van der Waals surface area contributed by atoms with Crippen molar-refractivity contribution >= 4 is 11.9 Å². The third kappa shape index (κ3) is 5.53. The summed E-state index contributed by atoms with van der Waals surface area (Å²) < 4.78 is 16.4. The molecule has 0 saturated carbocycles. The zero-order chi connectivity index (χ0) is 22.4. The number of phenolic OH excluding ortho intramolecular Hbond substituents is 1. The summed E-state index contributed by atoms with van der Waals surface area (Å²) in [7, 11) is 3.30. The van der Waals surface area contributed by atoms with Gasteiger partial charge >= 0.3 is 0 Å². The van der Waals surface area contributed by atoms with Gasteiger partial charge < -0.3 is 19.3 Å². The highest BCUT2D eigenvalue weighted by Crippen LogP contribution is 2.40. The van der Waals surface area contributed by atoms with Crippen molar-refractivity contribution < 1.29 is 24.1 Å². The van der Waals surface area contributed by atoms with Crippen LogP contribution in [-0.2, 0) is 16.0 Å². The molecule has 0 radical (unpaired) electrons. The first-order valence-electron chi connectivity index (χ1n) is 10.5. The Hall–Kier alpha value is -2.67. The van der Waals surface area contributed by atoms with Crippen molar-refractivity contribution in [2.45, 2.75) is 26.3 Å². The number of rotatable bonds is 10. The quantitative estimate of drug-likeness (QED) is 0.575. The normalized spacial score (nSPS) is 14.5. The van der Waals surface area contributed by atoms with Crippen molar-refractivity contribution in [3.05, 3.63) is 64.4 Å². The predicted octanol–water partition coefficient (Wildman–Crippen LogP) is 4.23. The highest BCUT2D eigenvalue weighted by molar-refractivity contribution is 6.15. The van der Waals surface area contributed by atoms with Crippen LogP contribution in [0.25, 0.3) is 6.08 Å². The predicted molar refractivity (Wildman–Crippen MR) is 121 cm³/mol. The topological polar surface area (TPSA) is 68.2 Å². The molecule has 1 aliphatic rings. The molecule has 0 bridgehead atoms. The molecular formula is C25H31NO5. The molecule has 31 heavy (non-hydrogen) atoms. The summed E-state index contributed by atoms with van der Waals surface area (Å²) in [5.41, 5.74) is 3.20. The lowest BCUT2D eigenvalue weighted by Crippen LogP contribution is -2.30. The number of phenols is 1. The Morgan fingerprint density at radius 2 is 1.68 bits per heavy atom. The molecule has 1 heterocycles. The second-order valence-corrected chi connectivity index (χ2v) is 7.96. The Kier molecular flexibility index (Phi) is 7.85. The third-order valence-corrected chi connectivity index (χ3v) is 5.42. The van der Waals surface area contributed by atoms with Crippen LogP contribution in [-0.4, -0.2) is 56.3 Å². The molecule has 0 unspecified atom stereocenters. The van der Waals surface area contributed by atoms with E-state index < -0.39 is 0 Å². The van der Waals surface area contributed by atoms with Crippen LogP contribution in [0.15, 0.2) is 42.2 Å². The molecule has 0 aromatic heterocycles. The molecule has 0 spiro atoms. The number of methoxy groups -OCH3 is 2. The zero-order valence-corrected chi connectivity index (χ0v) is 18.7. The molecule has 1 aliphatic heterocycles. The fraction of sp³-hybridized carbons (Fsp3) is 0.400. The smallest absolute Gasteiger partial charge is 0.231 e. The zero-order valence-electron chi connectivity index (χ0n) is 18.7. The lowest BCUT2D eigenvalue weighted by molar-refractivity contribution is 0.101. The molecule has 166 valence electrons. The van der Waals surface area contributed by atoms with Gasteiger partial charge in [0.25, 0.3) is 0 Å². The van der Waals surface area contributed by atoms with Crippen LogP contribution in [0.3, 0.4) is 0 Å². The van der Waals surface area contributed by atoms with Crippen LogP contribution < -0.4 is 4.74 Å². The van der Waals surface area contributed by atoms with Crippen molar-refractivity contribution in [2.75, 3.05) is 40.5 Å². The molecule has 6 nitrogen and oxygen atoms in total. The van der Waals surface area contributed by atoms with E-state index in [1.54, 1.807) is 32.4 Å². The van der Waals surface area contributed by atoms with Gasteiger partial charge in [-0.25, -0.2) is 0 Å². The number of aromatic hydroxyl groups is 1. The van der Waals surface area contributed by atoms with E-state index in [1.165, 1.54) is 5.56 Å². The van der Waals surface area contributed by atoms with E-state index in [4.69, 9.17) is 14.2 Å². The molecule has 0 amide bonds. The van der Waals surface area contributed by atoms with Crippen molar-refractivity contribution in [3.8, 4) is 11.5 Å². The Morgan fingerprint density at radius 1 is 1.03 bits per heavy atom. The lowest BCUT2D eigenvalue weighted by Gasteiger charge is -2.23. The van der Waals surface area contributed by atoms with Crippen LogP contribution in [0.5, 0.6) is 11.5 Å². The summed E-state index contributed by atoms with van der Waals surface area (Å²) in [6.45, 7) is 7.15. The van der Waals surface area contributed by atoms with Crippen LogP contribution in [0, 0.1) is 0 Å². The van der Waals surface area contributed by atoms with Crippen molar-refractivity contribution in [3.63, 3.8) is 0 Å². The van der Waals surface area contributed by atoms with Crippen molar-refractivity contribution in [1.82, 2.24) is 4.90 Å². The number of hydrogen-bond acceptors (Lipinski definition) is 6. The summed E-state index contributed by atoms with van der Waals surface area (Å²) in [5.74, 6) is 1.06. The van der Waals surface area contributed by atoms with E-state index in [0.29, 0.717) is 55.6 Å². The number of Topliss-reactive ketones (excluding diaryl/α,β-unsaturated/α-hetero) is 1. The second kappa shape index (κ2) is 10.6. The van der Waals surface area contributed by atoms with E-state index >= 15 is 0 Å². The minimum absolute atomic E-state index is 0.105. The first kappa shape index (κ1) is 23.0. The lowest BCUT2D eigenvalue weighted by atomic mass is 10.0. The summed E-state index contributed by atoms with van der Waals surface area (Å²) in [4.78, 5) is 15.0. The Bertz CT molecular complexity index is 926. The van der Waals surface area contributed by atoms with Gasteiger partial charge in [-0.05, 0) is 35.3 Å². The number of carbonyl (C=O) groups is 1. The molecule has 3 rings (SSSR count). The monoisotopic (exact) mass is 425 g/mol. The number of ether oxygens (including phenoxy) is 3. The van der Waals surface area contributed by atoms with Crippen LogP contribution in [0.4, 0.5) is 0 Å². The summed E-state index contributed by atoms with van der Waals surface area (Å²) in [6, 6.07) is 11.3. The average Bonchev–Trinajstić information content (AvgIpc) is 3.07. The Labute approximate surface area is 184 Å². The van der Waals surface area contributed by atoms with Crippen LogP contribution in [0.2, 0.25) is 0 Å². The highest BCUT2D eigenvalue weighted by Gasteiger charge is 2.31. The summed E-state index contributed by atoms with van der Waals surface area (Å²) >= 11 is 0. The van der Waals surface area contributed by atoms with Gasteiger partial charge in [-0.2, -0.15) is 0 Å². The van der Waals surface area contributed by atoms with Gasteiger partial charge in [-0.15, -0.1) is 0 Å². The molecular weight excluding hydrogens is 394 g/mol. The van der Waals surface area contributed by atoms with Gasteiger partial charge in [0.1, 0.15) is 11.5 Å². The van der Waals surface area contributed by atoms with Gasteiger partial charge in [0, 0.05) is 33.9 Å². The van der Waals surface area contributed by atoms with Gasteiger partial charge in [-0.1, -0.05) is 38.1 Å². The first-order valence-corrected chi connectivity index (χ1v) is 10.5. The molecule has 0 saturated heterocycles. The number of allylic oxidation sites excluding steroid dienone is 1. The molecule has 0 aliphatic carbocycles. The van der Waals surface area contributed by atoms with Gasteiger partial charge in [0.15, 0.2) is 5.76 Å². The fourth-order valence-corrected chi connectivity index (χ4v) is 3.51. The maximum absolute atomic E-state index is 12.9. The number of nitrogens with zero attached hydrogens (tertiary/aromatic N) is 1. The van der Waals surface area contributed by atoms with Crippen molar-refractivity contribution in [1.29, 1.82) is 0 Å². The fourth-order valence-electron chi connectivity index (χ4n) is 3.51. The summed E-state index contributed by atoms with van der Waals surface area (Å²) in [5, 5.41) is 10.5. The van der Waals surface area contributed by atoms with E-state index in [-0.39, 0.29) is 17.3 Å². The summed E-state index contributed by atoms with van der Waals surface area (Å²) in [6.07, 6.45) is 1.75. The molecule has 0 atom stereocenters. The van der Waals surface area contributed by atoms with E-state index in [1.807, 2.05) is 12.1 Å². The minimum Gasteiger partial charge on any atom is -0.507 e. The maximum Gasteiger partial charge on any atom is 0.231 e. The molecule has 2 aromatic carbocycles. The molecule has 6 heteroatoms. The molecule has 1 N–H and O–H groups in total. The minimum atomic E-state index is -0.176. The third-order valence-electron chi connectivity index (χ3n) is 5.42. The van der Waals surface area contributed by atoms with Crippen molar-refractivity contribution in [2.24, 2.45) is 0 Å². The molecule has 0 fully saturated rings. The average molecular weight is 426 g/mol. The SMILES string of the molecule is COCCN(CCOC)Cc1c(O)ccc2c1O/C(=C/c1ccc(C(C)C)cc1)C2=O. The second-order valence-electron chi connectivity index (χ2n) is 7.96. The highest BCUT2D eigenvalue weighted by atomic mass is 16.5. The van der Waals surface area contributed by atoms with E-state index in [0.717, 1.165) is 5.56 Å². The Morgan fingerprint density at radius 3 is 2.26 bits per heavy atom. The van der Waals surface area contributed by atoms with Crippen LogP contribution in [0.1, 0.15) is 46.8 Å².